The Morgan fingerprint density at radius 2 is 1.78 bits per heavy atom. The summed E-state index contributed by atoms with van der Waals surface area (Å²) in [5, 5.41) is 1.13. The van der Waals surface area contributed by atoms with Gasteiger partial charge in [-0.1, -0.05) is 42.3 Å². The predicted octanol–water partition coefficient (Wildman–Crippen LogP) is 5.50. The molecule has 2 aromatic carbocycles. The molecule has 0 fully saturated rings. The Hall–Kier alpha value is -1.71. The first-order valence-corrected chi connectivity index (χ1v) is 8.05. The van der Waals surface area contributed by atoms with Gasteiger partial charge in [-0.3, -0.25) is 4.79 Å². The molecule has 0 atom stereocenters. The minimum atomic E-state index is -0.317. The van der Waals surface area contributed by atoms with Crippen LogP contribution in [0.5, 0.6) is 11.5 Å². The van der Waals surface area contributed by atoms with Crippen LogP contribution in [0.1, 0.15) is 30.0 Å². The fourth-order valence-corrected chi connectivity index (χ4v) is 2.46. The number of esters is 1. The van der Waals surface area contributed by atoms with Gasteiger partial charge in [0.2, 0.25) is 0 Å². The van der Waals surface area contributed by atoms with Gasteiger partial charge in [0, 0.05) is 11.4 Å². The lowest BCUT2D eigenvalue weighted by Gasteiger charge is -2.14. The summed E-state index contributed by atoms with van der Waals surface area (Å²) in [6.07, 6.45) is 0.291. The molecule has 3 nitrogen and oxygen atoms in total. The number of hydrogen-bond acceptors (Lipinski definition) is 3. The summed E-state index contributed by atoms with van der Waals surface area (Å²) in [7, 11) is 0. The zero-order valence-corrected chi connectivity index (χ0v) is 14.8. The molecule has 0 heterocycles. The average Bonchev–Trinajstić information content (AvgIpc) is 2.51. The van der Waals surface area contributed by atoms with Gasteiger partial charge in [-0.2, -0.15) is 0 Å². The van der Waals surface area contributed by atoms with Gasteiger partial charge in [0.15, 0.2) is 0 Å². The van der Waals surface area contributed by atoms with Gasteiger partial charge in [0.25, 0.3) is 0 Å². The van der Waals surface area contributed by atoms with Gasteiger partial charge in [-0.25, -0.2) is 0 Å². The van der Waals surface area contributed by atoms with Gasteiger partial charge in [0.1, 0.15) is 18.1 Å². The number of halogens is 2. The van der Waals surface area contributed by atoms with E-state index in [2.05, 4.69) is 0 Å². The van der Waals surface area contributed by atoms with Crippen molar-refractivity contribution in [2.75, 3.05) is 0 Å². The number of hydrogen-bond donors (Lipinski definition) is 0. The predicted molar refractivity (Wildman–Crippen MR) is 92.6 cm³/mol. The van der Waals surface area contributed by atoms with E-state index in [9.17, 15) is 4.79 Å². The van der Waals surface area contributed by atoms with Crippen molar-refractivity contribution in [1.29, 1.82) is 0 Å². The molecular formula is C18H18Cl2O3. The third-order valence-corrected chi connectivity index (χ3v) is 4.18. The summed E-state index contributed by atoms with van der Waals surface area (Å²) >= 11 is 12.4. The van der Waals surface area contributed by atoms with E-state index in [1.165, 1.54) is 0 Å². The maximum atomic E-state index is 11.5. The molecule has 0 saturated heterocycles. The van der Waals surface area contributed by atoms with Crippen molar-refractivity contribution >= 4 is 29.2 Å². The summed E-state index contributed by atoms with van der Waals surface area (Å²) in [5.41, 5.74) is 2.60. The van der Waals surface area contributed by atoms with E-state index in [4.69, 9.17) is 32.7 Å². The maximum Gasteiger partial charge on any atom is 0.310 e. The van der Waals surface area contributed by atoms with E-state index in [1.54, 1.807) is 31.2 Å². The van der Waals surface area contributed by atoms with Gasteiger partial charge >= 0.3 is 5.97 Å². The monoisotopic (exact) mass is 352 g/mol. The minimum absolute atomic E-state index is 0.187. The molecule has 2 aromatic rings. The molecule has 0 amide bonds. The van der Waals surface area contributed by atoms with Gasteiger partial charge in [-0.15, -0.1) is 0 Å². The molecule has 23 heavy (non-hydrogen) atoms. The molecule has 0 aliphatic rings. The Kier molecular flexibility index (Phi) is 5.91. The first-order chi connectivity index (χ1) is 10.9. The summed E-state index contributed by atoms with van der Waals surface area (Å²) in [4.78, 5) is 11.5. The first kappa shape index (κ1) is 17.6. The van der Waals surface area contributed by atoms with E-state index in [1.807, 2.05) is 19.9 Å². The van der Waals surface area contributed by atoms with Gasteiger partial charge in [0.05, 0.1) is 10.6 Å². The van der Waals surface area contributed by atoms with Crippen molar-refractivity contribution in [3.05, 3.63) is 57.1 Å². The lowest BCUT2D eigenvalue weighted by Crippen LogP contribution is -2.09. The normalized spacial score (nSPS) is 10.5. The van der Waals surface area contributed by atoms with Crippen molar-refractivity contribution in [2.45, 2.75) is 33.8 Å². The van der Waals surface area contributed by atoms with Crippen molar-refractivity contribution < 1.29 is 14.3 Å². The fourth-order valence-electron chi connectivity index (χ4n) is 2.08. The molecule has 5 heteroatoms. The molecule has 0 N–H and O–H groups in total. The zero-order chi connectivity index (χ0) is 17.0. The highest BCUT2D eigenvalue weighted by atomic mass is 35.5. The van der Waals surface area contributed by atoms with Crippen molar-refractivity contribution in [1.82, 2.24) is 0 Å². The average molecular weight is 353 g/mol. The second-order valence-corrected chi connectivity index (χ2v) is 6.01. The number of ether oxygens (including phenoxy) is 2. The molecule has 0 radical (unpaired) electrons. The Labute approximate surface area is 146 Å². The second-order valence-electron chi connectivity index (χ2n) is 5.20. The maximum absolute atomic E-state index is 11.5. The molecule has 0 unspecified atom stereocenters. The fraction of sp³-hybridized carbons (Fsp3) is 0.278. The van der Waals surface area contributed by atoms with Gasteiger partial charge in [-0.05, 0) is 43.2 Å². The molecule has 2 rings (SSSR count). The highest BCUT2D eigenvalue weighted by Crippen LogP contribution is 2.31. The molecule has 0 saturated carbocycles. The Balaban J connectivity index is 2.23. The van der Waals surface area contributed by atoms with Crippen LogP contribution in [0.25, 0.3) is 0 Å². The van der Waals surface area contributed by atoms with Gasteiger partial charge < -0.3 is 9.47 Å². The Bertz CT molecular complexity index is 726. The number of carbonyl (C=O) groups excluding carboxylic acids is 1. The van der Waals surface area contributed by atoms with Crippen LogP contribution in [0.2, 0.25) is 10.0 Å². The summed E-state index contributed by atoms with van der Waals surface area (Å²) in [6, 6.07) is 8.91. The lowest BCUT2D eigenvalue weighted by molar-refractivity contribution is -0.134. The molecule has 122 valence electrons. The number of rotatable bonds is 5. The molecule has 0 aliphatic carbocycles. The van der Waals surface area contributed by atoms with Crippen LogP contribution in [0.3, 0.4) is 0 Å². The van der Waals surface area contributed by atoms with Crippen LogP contribution >= 0.6 is 23.2 Å². The summed E-state index contributed by atoms with van der Waals surface area (Å²) in [6.45, 7) is 5.81. The van der Waals surface area contributed by atoms with Crippen LogP contribution in [0.15, 0.2) is 30.3 Å². The second kappa shape index (κ2) is 7.71. The molecular weight excluding hydrogens is 335 g/mol. The van der Waals surface area contributed by atoms with E-state index in [-0.39, 0.29) is 12.6 Å². The summed E-state index contributed by atoms with van der Waals surface area (Å²) < 4.78 is 11.1. The SMILES string of the molecule is CCC(=O)Oc1cccc(Cl)c1COc1cc(Cl)c(C)cc1C. The van der Waals surface area contributed by atoms with Crippen LogP contribution < -0.4 is 9.47 Å². The van der Waals surface area contributed by atoms with Crippen molar-refractivity contribution in [2.24, 2.45) is 0 Å². The number of carbonyl (C=O) groups is 1. The van der Waals surface area contributed by atoms with Crippen LogP contribution in [-0.2, 0) is 11.4 Å². The van der Waals surface area contributed by atoms with Crippen LogP contribution in [-0.4, -0.2) is 5.97 Å². The van der Waals surface area contributed by atoms with Crippen LogP contribution in [0.4, 0.5) is 0 Å². The van der Waals surface area contributed by atoms with E-state index in [0.717, 1.165) is 11.1 Å². The summed E-state index contributed by atoms with van der Waals surface area (Å²) in [5.74, 6) is 0.775. The molecule has 0 aliphatic heterocycles. The quantitative estimate of drug-likeness (QED) is 0.526. The zero-order valence-electron chi connectivity index (χ0n) is 13.3. The molecule has 0 spiro atoms. The molecule has 0 bridgehead atoms. The third kappa shape index (κ3) is 4.40. The number of benzene rings is 2. The lowest BCUT2D eigenvalue weighted by atomic mass is 10.1. The van der Waals surface area contributed by atoms with E-state index in [0.29, 0.717) is 33.5 Å². The smallest absolute Gasteiger partial charge is 0.310 e. The largest absolute Gasteiger partial charge is 0.488 e. The van der Waals surface area contributed by atoms with Crippen molar-refractivity contribution in [3.8, 4) is 11.5 Å². The Morgan fingerprint density at radius 3 is 2.48 bits per heavy atom. The Morgan fingerprint density at radius 1 is 1.04 bits per heavy atom. The van der Waals surface area contributed by atoms with E-state index < -0.39 is 0 Å². The number of aryl methyl sites for hydroxylation is 2. The highest BCUT2D eigenvalue weighted by Gasteiger charge is 2.13. The first-order valence-electron chi connectivity index (χ1n) is 7.30. The standard InChI is InChI=1S/C18H18Cl2O3/c1-4-18(21)23-16-7-5-6-14(19)13(16)10-22-17-9-15(20)11(2)8-12(17)3/h5-9H,4,10H2,1-3H3. The molecule has 0 aromatic heterocycles. The third-order valence-electron chi connectivity index (χ3n) is 3.42. The minimum Gasteiger partial charge on any atom is -0.488 e. The topological polar surface area (TPSA) is 35.5 Å². The van der Waals surface area contributed by atoms with Crippen LogP contribution in [0, 0.1) is 13.8 Å². The van der Waals surface area contributed by atoms with Crippen molar-refractivity contribution in [3.63, 3.8) is 0 Å². The van der Waals surface area contributed by atoms with E-state index >= 15 is 0 Å². The highest BCUT2D eigenvalue weighted by molar-refractivity contribution is 6.31.